The summed E-state index contributed by atoms with van der Waals surface area (Å²) in [5.41, 5.74) is 0.816. The third kappa shape index (κ3) is 7.01. The van der Waals surface area contributed by atoms with Gasteiger partial charge in [-0.2, -0.15) is 0 Å². The van der Waals surface area contributed by atoms with E-state index in [1.807, 2.05) is 0 Å². The van der Waals surface area contributed by atoms with Gasteiger partial charge >= 0.3 is 0 Å². The highest BCUT2D eigenvalue weighted by Gasteiger charge is 1.85. The molecule has 0 saturated carbocycles. The summed E-state index contributed by atoms with van der Waals surface area (Å²) in [4.78, 5) is 4.59. The van der Waals surface area contributed by atoms with Crippen molar-refractivity contribution < 1.29 is 9.94 Å². The molecule has 0 heterocycles. The van der Waals surface area contributed by atoms with Crippen molar-refractivity contribution in [1.29, 1.82) is 0 Å². The molecule has 0 rings (SSSR count). The van der Waals surface area contributed by atoms with Crippen LogP contribution in [-0.2, 0) is 4.84 Å². The van der Waals surface area contributed by atoms with E-state index in [0.717, 1.165) is 5.71 Å². The average molecular weight is 129 g/mol. The van der Waals surface area contributed by atoms with E-state index >= 15 is 0 Å². The first-order valence-electron chi connectivity index (χ1n) is 2.63. The van der Waals surface area contributed by atoms with Gasteiger partial charge in [0.15, 0.2) is 6.61 Å². The Hall–Kier alpha value is -0.990. The van der Waals surface area contributed by atoms with E-state index in [0.29, 0.717) is 0 Å². The van der Waals surface area contributed by atoms with Gasteiger partial charge in [0.2, 0.25) is 0 Å². The van der Waals surface area contributed by atoms with E-state index in [2.05, 4.69) is 16.6 Å². The lowest BCUT2D eigenvalue weighted by Crippen LogP contribution is -1.92. The van der Waals surface area contributed by atoms with Crippen LogP contribution in [0.3, 0.4) is 0 Å². The van der Waals surface area contributed by atoms with Gasteiger partial charge in [-0.15, -0.1) is 0 Å². The first-order chi connectivity index (χ1) is 4.13. The highest BCUT2D eigenvalue weighted by Crippen LogP contribution is 1.85. The molecule has 0 aromatic rings. The Kier molecular flexibility index (Phi) is 3.51. The van der Waals surface area contributed by atoms with Gasteiger partial charge < -0.3 is 9.94 Å². The van der Waals surface area contributed by atoms with Crippen molar-refractivity contribution in [3.8, 4) is 0 Å². The fourth-order valence-corrected chi connectivity index (χ4v) is 0.236. The summed E-state index contributed by atoms with van der Waals surface area (Å²) in [6.07, 6.45) is 0. The largest absolute Gasteiger partial charge is 0.509 e. The number of rotatable bonds is 3. The highest BCUT2D eigenvalue weighted by atomic mass is 16.6. The molecule has 1 N–H and O–H groups in total. The Labute approximate surface area is 54.6 Å². The van der Waals surface area contributed by atoms with Gasteiger partial charge in [-0.1, -0.05) is 11.7 Å². The molecule has 0 aliphatic carbocycles. The van der Waals surface area contributed by atoms with Crippen molar-refractivity contribution in [2.75, 3.05) is 6.61 Å². The lowest BCUT2D eigenvalue weighted by molar-refractivity contribution is 0.137. The maximum atomic E-state index is 8.48. The smallest absolute Gasteiger partial charge is 0.173 e. The number of oxime groups is 1. The zero-order valence-corrected chi connectivity index (χ0v) is 5.72. The van der Waals surface area contributed by atoms with Crippen LogP contribution >= 0.6 is 0 Å². The van der Waals surface area contributed by atoms with Crippen molar-refractivity contribution in [1.82, 2.24) is 0 Å². The molecule has 0 aromatic heterocycles. The van der Waals surface area contributed by atoms with Gasteiger partial charge in [-0.25, -0.2) is 0 Å². The van der Waals surface area contributed by atoms with E-state index in [9.17, 15) is 0 Å². The molecule has 0 aliphatic rings. The Morgan fingerprint density at radius 1 is 1.67 bits per heavy atom. The summed E-state index contributed by atoms with van der Waals surface area (Å²) in [5, 5.41) is 12.0. The molecule has 0 unspecified atom stereocenters. The number of aliphatic hydroxyl groups excluding tert-OH is 1. The summed E-state index contributed by atoms with van der Waals surface area (Å²) in [6.45, 7) is 6.90. The van der Waals surface area contributed by atoms with Gasteiger partial charge in [0.25, 0.3) is 0 Å². The molecular formula is C6H11NO2. The Morgan fingerprint density at radius 3 is 2.56 bits per heavy atom. The molecule has 9 heavy (non-hydrogen) atoms. The zero-order valence-electron chi connectivity index (χ0n) is 5.72. The standard InChI is InChI=1S/C6H11NO2/c1-5(2)7-9-4-6(3)8/h8H,3-4H2,1-2H3. The molecule has 3 nitrogen and oxygen atoms in total. The van der Waals surface area contributed by atoms with Gasteiger partial charge in [0.05, 0.1) is 5.71 Å². The molecule has 52 valence electrons. The third-order valence-electron chi connectivity index (χ3n) is 0.478. The summed E-state index contributed by atoms with van der Waals surface area (Å²) in [7, 11) is 0. The van der Waals surface area contributed by atoms with E-state index in [1.54, 1.807) is 13.8 Å². The molecule has 0 aliphatic heterocycles. The Bertz CT molecular complexity index is 125. The second-order valence-corrected chi connectivity index (χ2v) is 1.88. The number of hydrogen-bond acceptors (Lipinski definition) is 3. The molecule has 0 fully saturated rings. The maximum absolute atomic E-state index is 8.48. The summed E-state index contributed by atoms with van der Waals surface area (Å²) < 4.78 is 0. The molecule has 0 aromatic carbocycles. The summed E-state index contributed by atoms with van der Waals surface area (Å²) in [5.74, 6) is -0.0139. The Balaban J connectivity index is 3.31. The lowest BCUT2D eigenvalue weighted by Gasteiger charge is -1.95. The first kappa shape index (κ1) is 8.01. The lowest BCUT2D eigenvalue weighted by atomic mass is 10.5. The fraction of sp³-hybridized carbons (Fsp3) is 0.500. The quantitative estimate of drug-likeness (QED) is 0.356. The van der Waals surface area contributed by atoms with Crippen molar-refractivity contribution in [3.63, 3.8) is 0 Å². The van der Waals surface area contributed by atoms with Crippen LogP contribution in [0.15, 0.2) is 17.5 Å². The van der Waals surface area contributed by atoms with E-state index in [1.165, 1.54) is 0 Å². The fourth-order valence-electron chi connectivity index (χ4n) is 0.236. The predicted octanol–water partition coefficient (Wildman–Crippen LogP) is 1.47. The van der Waals surface area contributed by atoms with Crippen LogP contribution in [-0.4, -0.2) is 17.4 Å². The molecule has 3 heteroatoms. The third-order valence-corrected chi connectivity index (χ3v) is 0.478. The second kappa shape index (κ2) is 3.95. The van der Waals surface area contributed by atoms with Gasteiger partial charge in [0.1, 0.15) is 5.76 Å². The van der Waals surface area contributed by atoms with E-state index < -0.39 is 0 Å². The van der Waals surface area contributed by atoms with Crippen LogP contribution in [0, 0.1) is 0 Å². The molecule has 0 saturated heterocycles. The summed E-state index contributed by atoms with van der Waals surface area (Å²) in [6, 6.07) is 0. The maximum Gasteiger partial charge on any atom is 0.173 e. The number of nitrogens with zero attached hydrogens (tertiary/aromatic N) is 1. The SMILES string of the molecule is C=C(O)CON=C(C)C. The minimum Gasteiger partial charge on any atom is -0.509 e. The molecule has 0 bridgehead atoms. The molecule has 0 atom stereocenters. The van der Waals surface area contributed by atoms with Gasteiger partial charge in [-0.3, -0.25) is 0 Å². The summed E-state index contributed by atoms with van der Waals surface area (Å²) >= 11 is 0. The normalized spacial score (nSPS) is 8.22. The Morgan fingerprint density at radius 2 is 2.22 bits per heavy atom. The first-order valence-corrected chi connectivity index (χ1v) is 2.63. The zero-order chi connectivity index (χ0) is 7.28. The number of hydrogen-bond donors (Lipinski definition) is 1. The van der Waals surface area contributed by atoms with Crippen LogP contribution in [0.1, 0.15) is 13.8 Å². The van der Waals surface area contributed by atoms with Crippen molar-refractivity contribution in [2.24, 2.45) is 5.16 Å². The van der Waals surface area contributed by atoms with Gasteiger partial charge in [0, 0.05) is 0 Å². The predicted molar refractivity (Wildman–Crippen MR) is 36.5 cm³/mol. The molecule has 0 radical (unpaired) electrons. The second-order valence-electron chi connectivity index (χ2n) is 1.88. The van der Waals surface area contributed by atoms with E-state index in [4.69, 9.17) is 5.11 Å². The van der Waals surface area contributed by atoms with Crippen LogP contribution in [0.25, 0.3) is 0 Å². The highest BCUT2D eigenvalue weighted by molar-refractivity contribution is 5.78. The van der Waals surface area contributed by atoms with Gasteiger partial charge in [-0.05, 0) is 13.8 Å². The van der Waals surface area contributed by atoms with Crippen LogP contribution in [0.5, 0.6) is 0 Å². The number of aliphatic hydroxyl groups is 1. The topological polar surface area (TPSA) is 41.8 Å². The van der Waals surface area contributed by atoms with Crippen LogP contribution in [0.4, 0.5) is 0 Å². The van der Waals surface area contributed by atoms with Crippen molar-refractivity contribution >= 4 is 5.71 Å². The monoisotopic (exact) mass is 129 g/mol. The molecular weight excluding hydrogens is 118 g/mol. The molecule has 0 spiro atoms. The van der Waals surface area contributed by atoms with Crippen LogP contribution < -0.4 is 0 Å². The van der Waals surface area contributed by atoms with Crippen molar-refractivity contribution in [2.45, 2.75) is 13.8 Å². The average Bonchev–Trinajstić information content (AvgIpc) is 1.63. The minimum absolute atomic E-state index is 0.0139. The molecule has 0 amide bonds. The van der Waals surface area contributed by atoms with Crippen LogP contribution in [0.2, 0.25) is 0 Å². The minimum atomic E-state index is -0.0139. The van der Waals surface area contributed by atoms with E-state index in [-0.39, 0.29) is 12.4 Å². The van der Waals surface area contributed by atoms with Crippen molar-refractivity contribution in [3.05, 3.63) is 12.3 Å².